The number of hydrogen-bond acceptors (Lipinski definition) is 4. The summed E-state index contributed by atoms with van der Waals surface area (Å²) < 4.78 is 0. The van der Waals surface area contributed by atoms with E-state index < -0.39 is 5.97 Å². The second-order valence-corrected chi connectivity index (χ2v) is 4.05. The first-order valence-electron chi connectivity index (χ1n) is 5.04. The van der Waals surface area contributed by atoms with Crippen LogP contribution in [0.25, 0.3) is 0 Å². The molecular weight excluding hydrogens is 228 g/mol. The summed E-state index contributed by atoms with van der Waals surface area (Å²) in [6.45, 7) is 0.551. The largest absolute Gasteiger partial charge is 0.481 e. The number of rotatable bonds is 7. The van der Waals surface area contributed by atoms with Crippen LogP contribution in [-0.4, -0.2) is 28.5 Å². The van der Waals surface area contributed by atoms with Gasteiger partial charge in [-0.2, -0.15) is 0 Å². The Labute approximate surface area is 97.5 Å². The number of aliphatic carboxylic acids is 1. The Morgan fingerprint density at radius 2 is 2.25 bits per heavy atom. The Morgan fingerprint density at radius 3 is 2.88 bits per heavy atom. The van der Waals surface area contributed by atoms with Gasteiger partial charge in [0.2, 0.25) is 5.91 Å². The van der Waals surface area contributed by atoms with Gasteiger partial charge in [0.05, 0.1) is 11.2 Å². The minimum Gasteiger partial charge on any atom is -0.481 e. The van der Waals surface area contributed by atoms with E-state index >= 15 is 0 Å². The zero-order valence-corrected chi connectivity index (χ0v) is 9.63. The van der Waals surface area contributed by atoms with Gasteiger partial charge in [0.1, 0.15) is 0 Å². The van der Waals surface area contributed by atoms with Gasteiger partial charge in [-0.15, -0.1) is 11.3 Å². The van der Waals surface area contributed by atoms with Crippen molar-refractivity contribution in [1.82, 2.24) is 10.3 Å². The summed E-state index contributed by atoms with van der Waals surface area (Å²) in [6, 6.07) is 0. The van der Waals surface area contributed by atoms with Gasteiger partial charge in [-0.05, 0) is 6.42 Å². The molecule has 0 saturated carbocycles. The van der Waals surface area contributed by atoms with Crippen molar-refractivity contribution in [3.05, 3.63) is 16.6 Å². The maximum Gasteiger partial charge on any atom is 0.303 e. The molecule has 1 aromatic rings. The predicted molar refractivity (Wildman–Crippen MR) is 60.3 cm³/mol. The normalized spacial score (nSPS) is 10.0. The van der Waals surface area contributed by atoms with E-state index in [1.54, 1.807) is 5.51 Å². The van der Waals surface area contributed by atoms with Gasteiger partial charge in [-0.3, -0.25) is 9.59 Å². The van der Waals surface area contributed by atoms with Gasteiger partial charge < -0.3 is 10.4 Å². The lowest BCUT2D eigenvalue weighted by Gasteiger charge is -2.02. The van der Waals surface area contributed by atoms with Crippen LogP contribution in [0.3, 0.4) is 0 Å². The van der Waals surface area contributed by atoms with E-state index in [-0.39, 0.29) is 18.7 Å². The summed E-state index contributed by atoms with van der Waals surface area (Å²) in [7, 11) is 0. The molecular formula is C10H14N2O3S. The quantitative estimate of drug-likeness (QED) is 0.749. The molecule has 1 amide bonds. The zero-order valence-electron chi connectivity index (χ0n) is 8.81. The molecule has 0 saturated heterocycles. The molecule has 0 aliphatic heterocycles. The van der Waals surface area contributed by atoms with Crippen LogP contribution in [0, 0.1) is 0 Å². The second-order valence-electron chi connectivity index (χ2n) is 3.33. The molecule has 0 fully saturated rings. The van der Waals surface area contributed by atoms with Crippen molar-refractivity contribution in [2.24, 2.45) is 0 Å². The fourth-order valence-corrected chi connectivity index (χ4v) is 1.77. The van der Waals surface area contributed by atoms with Crippen LogP contribution in [0.15, 0.2) is 10.9 Å². The van der Waals surface area contributed by atoms with Gasteiger partial charge in [-0.1, -0.05) is 0 Å². The highest BCUT2D eigenvalue weighted by atomic mass is 32.1. The van der Waals surface area contributed by atoms with Crippen molar-refractivity contribution in [3.63, 3.8) is 0 Å². The molecule has 0 atom stereocenters. The predicted octanol–water partition coefficient (Wildman–Crippen LogP) is 1.06. The Balaban J connectivity index is 2.04. The van der Waals surface area contributed by atoms with Crippen molar-refractivity contribution >= 4 is 23.2 Å². The van der Waals surface area contributed by atoms with Gasteiger partial charge in [0.25, 0.3) is 0 Å². The Hall–Kier alpha value is -1.43. The molecule has 2 N–H and O–H groups in total. The minimum atomic E-state index is -0.865. The molecule has 0 spiro atoms. The summed E-state index contributed by atoms with van der Waals surface area (Å²) in [5.41, 5.74) is 2.72. The first-order valence-corrected chi connectivity index (χ1v) is 5.98. The average Bonchev–Trinajstić information content (AvgIpc) is 2.70. The molecule has 16 heavy (non-hydrogen) atoms. The van der Waals surface area contributed by atoms with Crippen LogP contribution in [0.2, 0.25) is 0 Å². The Kier molecular flexibility index (Phi) is 5.49. The van der Waals surface area contributed by atoms with Crippen molar-refractivity contribution in [2.75, 3.05) is 6.54 Å². The molecule has 0 radical (unpaired) electrons. The molecule has 0 aliphatic rings. The van der Waals surface area contributed by atoms with E-state index in [9.17, 15) is 9.59 Å². The van der Waals surface area contributed by atoms with Gasteiger partial charge in [0.15, 0.2) is 0 Å². The number of carbonyl (C=O) groups excluding carboxylic acids is 1. The van der Waals surface area contributed by atoms with E-state index in [1.807, 2.05) is 5.38 Å². The maximum atomic E-state index is 11.2. The number of nitrogens with zero attached hydrogens (tertiary/aromatic N) is 1. The SMILES string of the molecule is O=C(O)CCCC(=O)NCCc1cscn1. The van der Waals surface area contributed by atoms with Crippen LogP contribution >= 0.6 is 11.3 Å². The number of nitrogens with one attached hydrogen (secondary N) is 1. The van der Waals surface area contributed by atoms with Crippen LogP contribution in [-0.2, 0) is 16.0 Å². The third kappa shape index (κ3) is 5.45. The smallest absolute Gasteiger partial charge is 0.303 e. The van der Waals surface area contributed by atoms with Gasteiger partial charge in [0, 0.05) is 31.2 Å². The summed E-state index contributed by atoms with van der Waals surface area (Å²) in [5, 5.41) is 13.1. The van der Waals surface area contributed by atoms with Gasteiger partial charge >= 0.3 is 5.97 Å². The van der Waals surface area contributed by atoms with E-state index in [4.69, 9.17) is 5.11 Å². The third-order valence-corrected chi connectivity index (χ3v) is 2.62. The average molecular weight is 242 g/mol. The Morgan fingerprint density at radius 1 is 1.44 bits per heavy atom. The fraction of sp³-hybridized carbons (Fsp3) is 0.500. The molecule has 88 valence electrons. The van der Waals surface area contributed by atoms with Crippen molar-refractivity contribution in [3.8, 4) is 0 Å². The van der Waals surface area contributed by atoms with Crippen LogP contribution in [0.5, 0.6) is 0 Å². The second kappa shape index (κ2) is 6.95. The zero-order chi connectivity index (χ0) is 11.8. The molecule has 5 nitrogen and oxygen atoms in total. The summed E-state index contributed by atoms with van der Waals surface area (Å²) in [4.78, 5) is 25.5. The molecule has 0 bridgehead atoms. The standard InChI is InChI=1S/C10H14N2O3S/c13-9(2-1-3-10(14)15)11-5-4-8-6-16-7-12-8/h6-7H,1-5H2,(H,11,13)(H,14,15). The molecule has 6 heteroatoms. The molecule has 1 heterocycles. The number of carbonyl (C=O) groups is 2. The third-order valence-electron chi connectivity index (χ3n) is 1.98. The number of hydrogen-bond donors (Lipinski definition) is 2. The number of carboxylic acid groups (broad SMARTS) is 1. The van der Waals surface area contributed by atoms with Crippen molar-refractivity contribution < 1.29 is 14.7 Å². The minimum absolute atomic E-state index is 0.0412. The molecule has 1 aromatic heterocycles. The number of thiazole rings is 1. The molecule has 1 rings (SSSR count). The topological polar surface area (TPSA) is 79.3 Å². The highest BCUT2D eigenvalue weighted by Crippen LogP contribution is 2.01. The van der Waals surface area contributed by atoms with E-state index in [1.165, 1.54) is 11.3 Å². The van der Waals surface area contributed by atoms with Crippen LogP contribution in [0.1, 0.15) is 25.0 Å². The van der Waals surface area contributed by atoms with E-state index in [0.717, 1.165) is 5.69 Å². The van der Waals surface area contributed by atoms with E-state index in [2.05, 4.69) is 10.3 Å². The first-order chi connectivity index (χ1) is 7.68. The van der Waals surface area contributed by atoms with Crippen LogP contribution in [0.4, 0.5) is 0 Å². The number of aromatic nitrogens is 1. The lowest BCUT2D eigenvalue weighted by Crippen LogP contribution is -2.25. The number of amides is 1. The summed E-state index contributed by atoms with van der Waals surface area (Å²) >= 11 is 1.53. The Bertz CT molecular complexity index is 338. The lowest BCUT2D eigenvalue weighted by molar-refractivity contribution is -0.137. The highest BCUT2D eigenvalue weighted by Gasteiger charge is 2.03. The van der Waals surface area contributed by atoms with Crippen LogP contribution < -0.4 is 5.32 Å². The fourth-order valence-electron chi connectivity index (χ4n) is 1.18. The summed E-state index contributed by atoms with van der Waals surface area (Å²) in [6.07, 6.45) is 1.41. The number of carboxylic acids is 1. The highest BCUT2D eigenvalue weighted by molar-refractivity contribution is 7.07. The lowest BCUT2D eigenvalue weighted by atomic mass is 10.2. The van der Waals surface area contributed by atoms with Crippen molar-refractivity contribution in [1.29, 1.82) is 0 Å². The van der Waals surface area contributed by atoms with Gasteiger partial charge in [-0.25, -0.2) is 4.98 Å². The maximum absolute atomic E-state index is 11.2. The van der Waals surface area contributed by atoms with E-state index in [0.29, 0.717) is 19.4 Å². The molecule has 0 unspecified atom stereocenters. The summed E-state index contributed by atoms with van der Waals surface area (Å²) in [5.74, 6) is -0.966. The van der Waals surface area contributed by atoms with Crippen molar-refractivity contribution in [2.45, 2.75) is 25.7 Å². The molecule has 0 aliphatic carbocycles. The monoisotopic (exact) mass is 242 g/mol. The molecule has 0 aromatic carbocycles. The first kappa shape index (κ1) is 12.6.